The van der Waals surface area contributed by atoms with Crippen LogP contribution in [0.3, 0.4) is 0 Å². The van der Waals surface area contributed by atoms with Crippen LogP contribution in [0.4, 0.5) is 4.39 Å². The fourth-order valence-corrected chi connectivity index (χ4v) is 2.04. The van der Waals surface area contributed by atoms with Crippen molar-refractivity contribution in [1.82, 2.24) is 4.57 Å². The lowest BCUT2D eigenvalue weighted by Crippen LogP contribution is -1.91. The number of rotatable bonds is 1. The monoisotopic (exact) mass is 225 g/mol. The summed E-state index contributed by atoms with van der Waals surface area (Å²) in [5, 5.41) is 0.922. The standard InChI is InChI=1S/C15H12FN/c1-11-2-5-14(6-3-11)17-9-8-12-10-13(16)4-7-15(12)17/h2-10H,1H3. The minimum Gasteiger partial charge on any atom is -0.317 e. The van der Waals surface area contributed by atoms with Crippen molar-refractivity contribution in [3.05, 3.63) is 66.1 Å². The summed E-state index contributed by atoms with van der Waals surface area (Å²) >= 11 is 0. The highest BCUT2D eigenvalue weighted by Crippen LogP contribution is 2.21. The molecule has 17 heavy (non-hydrogen) atoms. The molecule has 0 N–H and O–H groups in total. The Hall–Kier alpha value is -2.09. The third kappa shape index (κ3) is 1.72. The second kappa shape index (κ2) is 3.74. The minimum absolute atomic E-state index is 0.195. The second-order valence-electron chi connectivity index (χ2n) is 4.22. The molecular weight excluding hydrogens is 213 g/mol. The highest BCUT2D eigenvalue weighted by atomic mass is 19.1. The highest BCUT2D eigenvalue weighted by molar-refractivity contribution is 5.82. The molecule has 1 nitrogen and oxygen atoms in total. The van der Waals surface area contributed by atoms with E-state index < -0.39 is 0 Å². The van der Waals surface area contributed by atoms with Gasteiger partial charge in [-0.3, -0.25) is 0 Å². The molecule has 3 aromatic rings. The lowest BCUT2D eigenvalue weighted by Gasteiger charge is -2.05. The first kappa shape index (κ1) is 10.1. The Kier molecular flexibility index (Phi) is 2.22. The van der Waals surface area contributed by atoms with Crippen LogP contribution in [0.5, 0.6) is 0 Å². The molecule has 0 aliphatic rings. The van der Waals surface area contributed by atoms with E-state index in [0.29, 0.717) is 0 Å². The van der Waals surface area contributed by atoms with E-state index in [1.54, 1.807) is 6.07 Å². The fraction of sp³-hybridized carbons (Fsp3) is 0.0667. The molecule has 0 aliphatic carbocycles. The Bertz CT molecular complexity index is 665. The maximum absolute atomic E-state index is 13.1. The maximum Gasteiger partial charge on any atom is 0.123 e. The lowest BCUT2D eigenvalue weighted by molar-refractivity contribution is 0.629. The SMILES string of the molecule is Cc1ccc(-n2ccc3cc(F)ccc32)cc1. The van der Waals surface area contributed by atoms with Crippen molar-refractivity contribution in [2.75, 3.05) is 0 Å². The van der Waals surface area contributed by atoms with Crippen molar-refractivity contribution in [2.24, 2.45) is 0 Å². The van der Waals surface area contributed by atoms with Gasteiger partial charge in [-0.15, -0.1) is 0 Å². The van der Waals surface area contributed by atoms with Crippen molar-refractivity contribution >= 4 is 10.9 Å². The number of aromatic nitrogens is 1. The Morgan fingerprint density at radius 2 is 1.71 bits per heavy atom. The van der Waals surface area contributed by atoms with E-state index >= 15 is 0 Å². The van der Waals surface area contributed by atoms with Gasteiger partial charge in [0.05, 0.1) is 5.52 Å². The van der Waals surface area contributed by atoms with E-state index in [-0.39, 0.29) is 5.82 Å². The average Bonchev–Trinajstić information content (AvgIpc) is 2.73. The molecule has 0 spiro atoms. The summed E-state index contributed by atoms with van der Waals surface area (Å²) < 4.78 is 15.2. The summed E-state index contributed by atoms with van der Waals surface area (Å²) in [7, 11) is 0. The van der Waals surface area contributed by atoms with E-state index in [1.807, 2.05) is 18.3 Å². The zero-order chi connectivity index (χ0) is 11.8. The van der Waals surface area contributed by atoms with Crippen molar-refractivity contribution in [2.45, 2.75) is 6.92 Å². The summed E-state index contributed by atoms with van der Waals surface area (Å²) in [6, 6.07) is 15.1. The quantitative estimate of drug-likeness (QED) is 0.588. The number of halogens is 1. The fourth-order valence-electron chi connectivity index (χ4n) is 2.04. The zero-order valence-electron chi connectivity index (χ0n) is 9.52. The molecule has 2 heteroatoms. The van der Waals surface area contributed by atoms with Gasteiger partial charge in [-0.25, -0.2) is 4.39 Å². The molecule has 0 amide bonds. The third-order valence-electron chi connectivity index (χ3n) is 2.96. The van der Waals surface area contributed by atoms with Gasteiger partial charge >= 0.3 is 0 Å². The van der Waals surface area contributed by atoms with Gasteiger partial charge in [-0.2, -0.15) is 0 Å². The van der Waals surface area contributed by atoms with Crippen LogP contribution in [0.25, 0.3) is 16.6 Å². The number of aryl methyl sites for hydroxylation is 1. The van der Waals surface area contributed by atoms with E-state index in [0.717, 1.165) is 16.6 Å². The first-order valence-electron chi connectivity index (χ1n) is 5.58. The summed E-state index contributed by atoms with van der Waals surface area (Å²) in [5.41, 5.74) is 3.35. The summed E-state index contributed by atoms with van der Waals surface area (Å²) in [6.45, 7) is 2.06. The Morgan fingerprint density at radius 3 is 2.47 bits per heavy atom. The van der Waals surface area contributed by atoms with E-state index in [2.05, 4.69) is 35.8 Å². The number of benzene rings is 2. The number of hydrogen-bond acceptors (Lipinski definition) is 0. The van der Waals surface area contributed by atoms with Gasteiger partial charge in [0, 0.05) is 17.3 Å². The van der Waals surface area contributed by atoms with Gasteiger partial charge in [0.25, 0.3) is 0 Å². The molecule has 84 valence electrons. The highest BCUT2D eigenvalue weighted by Gasteiger charge is 2.03. The second-order valence-corrected chi connectivity index (χ2v) is 4.22. The molecule has 0 fully saturated rings. The van der Waals surface area contributed by atoms with Gasteiger partial charge in [-0.1, -0.05) is 17.7 Å². The predicted molar refractivity (Wildman–Crippen MR) is 68.0 cm³/mol. The van der Waals surface area contributed by atoms with Gasteiger partial charge in [-0.05, 0) is 43.3 Å². The largest absolute Gasteiger partial charge is 0.317 e. The van der Waals surface area contributed by atoms with Crippen LogP contribution < -0.4 is 0 Å². The Morgan fingerprint density at radius 1 is 0.941 bits per heavy atom. The molecule has 0 saturated carbocycles. The summed E-state index contributed by atoms with van der Waals surface area (Å²) in [5.74, 6) is -0.195. The summed E-state index contributed by atoms with van der Waals surface area (Å²) in [4.78, 5) is 0. The van der Waals surface area contributed by atoms with Crippen molar-refractivity contribution in [3.8, 4) is 5.69 Å². The smallest absolute Gasteiger partial charge is 0.123 e. The first-order valence-corrected chi connectivity index (χ1v) is 5.58. The van der Waals surface area contributed by atoms with Crippen LogP contribution >= 0.6 is 0 Å². The van der Waals surface area contributed by atoms with Gasteiger partial charge in [0.1, 0.15) is 5.82 Å². The molecule has 0 bridgehead atoms. The van der Waals surface area contributed by atoms with Gasteiger partial charge in [0.15, 0.2) is 0 Å². The van der Waals surface area contributed by atoms with Crippen LogP contribution in [0, 0.1) is 12.7 Å². The topological polar surface area (TPSA) is 4.93 Å². The predicted octanol–water partition coefficient (Wildman–Crippen LogP) is 4.08. The summed E-state index contributed by atoms with van der Waals surface area (Å²) in [6.07, 6.45) is 1.97. The normalized spacial score (nSPS) is 10.9. The van der Waals surface area contributed by atoms with Crippen LogP contribution in [-0.4, -0.2) is 4.57 Å². The molecule has 0 saturated heterocycles. The van der Waals surface area contributed by atoms with Crippen molar-refractivity contribution in [3.63, 3.8) is 0 Å². The number of nitrogens with zero attached hydrogens (tertiary/aromatic N) is 1. The maximum atomic E-state index is 13.1. The minimum atomic E-state index is -0.195. The molecule has 0 radical (unpaired) electrons. The molecule has 0 aliphatic heterocycles. The van der Waals surface area contributed by atoms with Gasteiger partial charge < -0.3 is 4.57 Å². The average molecular weight is 225 g/mol. The Balaban J connectivity index is 2.21. The number of hydrogen-bond donors (Lipinski definition) is 0. The van der Waals surface area contributed by atoms with Crippen LogP contribution in [0.2, 0.25) is 0 Å². The molecule has 2 aromatic carbocycles. The molecule has 0 atom stereocenters. The van der Waals surface area contributed by atoms with Crippen LogP contribution in [-0.2, 0) is 0 Å². The zero-order valence-corrected chi connectivity index (χ0v) is 9.52. The van der Waals surface area contributed by atoms with E-state index in [4.69, 9.17) is 0 Å². The van der Waals surface area contributed by atoms with Crippen LogP contribution in [0.15, 0.2) is 54.7 Å². The van der Waals surface area contributed by atoms with Gasteiger partial charge in [0.2, 0.25) is 0 Å². The lowest BCUT2D eigenvalue weighted by atomic mass is 10.2. The molecule has 3 rings (SSSR count). The molecular formula is C15H12FN. The Labute approximate surface area is 99.1 Å². The van der Waals surface area contributed by atoms with Crippen molar-refractivity contribution < 1.29 is 4.39 Å². The molecule has 1 aromatic heterocycles. The van der Waals surface area contributed by atoms with Crippen LogP contribution in [0.1, 0.15) is 5.56 Å². The van der Waals surface area contributed by atoms with E-state index in [1.165, 1.54) is 11.6 Å². The number of fused-ring (bicyclic) bond motifs is 1. The van der Waals surface area contributed by atoms with Crippen molar-refractivity contribution in [1.29, 1.82) is 0 Å². The third-order valence-corrected chi connectivity index (χ3v) is 2.96. The molecule has 1 heterocycles. The molecule has 0 unspecified atom stereocenters. The van der Waals surface area contributed by atoms with E-state index in [9.17, 15) is 4.39 Å². The first-order chi connectivity index (χ1) is 8.24.